The Morgan fingerprint density at radius 3 is 1.70 bits per heavy atom. The van der Waals surface area contributed by atoms with E-state index in [-0.39, 0.29) is 0 Å². The summed E-state index contributed by atoms with van der Waals surface area (Å²) in [5, 5.41) is 7.56. The van der Waals surface area contributed by atoms with E-state index in [1.54, 1.807) is 0 Å². The molecule has 3 aromatic heterocycles. The summed E-state index contributed by atoms with van der Waals surface area (Å²) in [5.74, 6) is 0. The van der Waals surface area contributed by atoms with Crippen molar-refractivity contribution in [2.45, 2.75) is 0 Å². The van der Waals surface area contributed by atoms with Crippen LogP contribution in [0.1, 0.15) is 0 Å². The Bertz CT molecular complexity index is 3300. The Labute approximate surface area is 311 Å². The monoisotopic (exact) mass is 685 g/mol. The number of para-hydroxylation sites is 2. The predicted octanol–water partition coefficient (Wildman–Crippen LogP) is 13.4. The largest absolute Gasteiger partial charge is 0.309 e. The number of hydrogen-bond acceptors (Lipinski definition) is 1. The summed E-state index contributed by atoms with van der Waals surface area (Å²) in [7, 11) is 0. The highest BCUT2D eigenvalue weighted by molar-refractivity contribution is 6.19. The molecule has 1 aliphatic rings. The lowest BCUT2D eigenvalue weighted by Crippen LogP contribution is -1.96. The van der Waals surface area contributed by atoms with Crippen LogP contribution in [0, 0.1) is 0 Å². The molecule has 250 valence electrons. The number of nitrogens with zero attached hydrogens (tertiary/aromatic N) is 3. The van der Waals surface area contributed by atoms with Crippen LogP contribution in [0.5, 0.6) is 0 Å². The molecule has 0 amide bonds. The van der Waals surface area contributed by atoms with Crippen molar-refractivity contribution in [3.05, 3.63) is 188 Å². The molecule has 0 radical (unpaired) electrons. The van der Waals surface area contributed by atoms with E-state index in [9.17, 15) is 0 Å². The zero-order valence-corrected chi connectivity index (χ0v) is 29.2. The van der Waals surface area contributed by atoms with Crippen LogP contribution in [0.2, 0.25) is 0 Å². The maximum Gasteiger partial charge on any atom is 0.0541 e. The highest BCUT2D eigenvalue weighted by Crippen LogP contribution is 2.49. The van der Waals surface area contributed by atoms with Crippen molar-refractivity contribution in [1.29, 1.82) is 0 Å². The lowest BCUT2D eigenvalue weighted by Gasteiger charge is -2.13. The second-order valence-electron chi connectivity index (χ2n) is 14.4. The minimum atomic E-state index is 1.16. The van der Waals surface area contributed by atoms with Crippen LogP contribution in [-0.2, 0) is 0 Å². The molecule has 0 saturated heterocycles. The lowest BCUT2D eigenvalue weighted by atomic mass is 10.0. The smallest absolute Gasteiger partial charge is 0.0541 e. The van der Waals surface area contributed by atoms with Crippen LogP contribution in [0.3, 0.4) is 0 Å². The van der Waals surface area contributed by atoms with E-state index in [1.165, 1.54) is 105 Å². The van der Waals surface area contributed by atoms with Crippen molar-refractivity contribution < 1.29 is 0 Å². The lowest BCUT2D eigenvalue weighted by molar-refractivity contribution is 1.18. The first kappa shape index (κ1) is 29.4. The Balaban J connectivity index is 1.03. The zero-order chi connectivity index (χ0) is 35.3. The van der Waals surface area contributed by atoms with Gasteiger partial charge in [0.15, 0.2) is 0 Å². The van der Waals surface area contributed by atoms with Crippen LogP contribution < -0.4 is 0 Å². The molecule has 0 bridgehead atoms. The second-order valence-corrected chi connectivity index (χ2v) is 14.4. The summed E-state index contributed by atoms with van der Waals surface area (Å²) in [5.41, 5.74) is 17.0. The fraction of sp³-hybridized carbons (Fsp3) is 0. The SMILES string of the molecule is c1ccc(-c2cccc(-n3c4ccccc4c4cc(-c5ccc6c(c5)c5ccccc5n6-c5ccc6c7c(cccc57)-c5ccncc5-6)ccc43)c2)cc1. The topological polar surface area (TPSA) is 22.8 Å². The van der Waals surface area contributed by atoms with E-state index in [0.717, 1.165) is 5.69 Å². The standard InChI is InChI=1S/C51H31N3/c1-2-10-32(11-3-1)33-12-8-13-36(28-33)53-46-18-6-4-14-38(46)43-29-34(20-23-49(43)53)35-21-24-50-44(30-35)39-15-5-7-19-47(39)54(50)48-25-22-41-45-31-52-27-26-37(45)40-16-9-17-42(48)51(40)41/h1-31H. The molecular weight excluding hydrogens is 655 g/mol. The second kappa shape index (κ2) is 11.1. The van der Waals surface area contributed by atoms with Gasteiger partial charge in [0.25, 0.3) is 0 Å². The molecule has 3 heteroatoms. The molecule has 0 spiro atoms. The summed E-state index contributed by atoms with van der Waals surface area (Å²) in [6.07, 6.45) is 3.90. The van der Waals surface area contributed by atoms with Crippen LogP contribution in [0.4, 0.5) is 0 Å². The minimum absolute atomic E-state index is 1.16. The highest BCUT2D eigenvalue weighted by atomic mass is 15.0. The van der Waals surface area contributed by atoms with Gasteiger partial charge in [-0.3, -0.25) is 4.98 Å². The molecule has 0 atom stereocenters. The summed E-state index contributed by atoms with van der Waals surface area (Å²) in [6, 6.07) is 64.5. The number of rotatable bonds is 4. The fourth-order valence-corrected chi connectivity index (χ4v) is 9.18. The van der Waals surface area contributed by atoms with Gasteiger partial charge in [0, 0.05) is 50.6 Å². The van der Waals surface area contributed by atoms with E-state index in [2.05, 4.69) is 190 Å². The van der Waals surface area contributed by atoms with Gasteiger partial charge in [0.05, 0.1) is 27.8 Å². The van der Waals surface area contributed by atoms with E-state index in [4.69, 9.17) is 0 Å². The molecule has 1 aliphatic carbocycles. The average Bonchev–Trinajstić information content (AvgIpc) is 3.87. The number of pyridine rings is 1. The van der Waals surface area contributed by atoms with Crippen molar-refractivity contribution in [2.75, 3.05) is 0 Å². The average molecular weight is 686 g/mol. The number of hydrogen-bond donors (Lipinski definition) is 0. The van der Waals surface area contributed by atoms with Gasteiger partial charge in [0.2, 0.25) is 0 Å². The van der Waals surface area contributed by atoms with Gasteiger partial charge in [-0.05, 0) is 105 Å². The molecular formula is C51H31N3. The third kappa shape index (κ3) is 4.09. The Morgan fingerprint density at radius 2 is 0.926 bits per heavy atom. The Hall–Kier alpha value is -7.23. The molecule has 3 nitrogen and oxygen atoms in total. The summed E-state index contributed by atoms with van der Waals surface area (Å²) >= 11 is 0. The molecule has 0 saturated carbocycles. The van der Waals surface area contributed by atoms with Crippen molar-refractivity contribution in [1.82, 2.24) is 14.1 Å². The van der Waals surface area contributed by atoms with E-state index >= 15 is 0 Å². The third-order valence-corrected chi connectivity index (χ3v) is 11.5. The van der Waals surface area contributed by atoms with Crippen molar-refractivity contribution in [2.24, 2.45) is 0 Å². The minimum Gasteiger partial charge on any atom is -0.309 e. The molecule has 54 heavy (non-hydrogen) atoms. The number of benzene rings is 8. The first-order valence-corrected chi connectivity index (χ1v) is 18.5. The van der Waals surface area contributed by atoms with E-state index in [0.29, 0.717) is 0 Å². The summed E-state index contributed by atoms with van der Waals surface area (Å²) < 4.78 is 4.86. The zero-order valence-electron chi connectivity index (χ0n) is 29.2. The van der Waals surface area contributed by atoms with Gasteiger partial charge in [-0.25, -0.2) is 0 Å². The Kier molecular flexibility index (Phi) is 6.05. The Morgan fingerprint density at radius 1 is 0.333 bits per heavy atom. The van der Waals surface area contributed by atoms with Crippen LogP contribution in [0.15, 0.2) is 188 Å². The molecule has 11 aromatic rings. The van der Waals surface area contributed by atoms with Gasteiger partial charge in [0.1, 0.15) is 0 Å². The molecule has 0 unspecified atom stereocenters. The molecule has 0 N–H and O–H groups in total. The first-order valence-electron chi connectivity index (χ1n) is 18.5. The third-order valence-electron chi connectivity index (χ3n) is 11.5. The normalized spacial score (nSPS) is 12.1. The molecule has 0 aliphatic heterocycles. The fourth-order valence-electron chi connectivity index (χ4n) is 9.18. The van der Waals surface area contributed by atoms with E-state index < -0.39 is 0 Å². The first-order chi connectivity index (χ1) is 26.8. The highest BCUT2D eigenvalue weighted by Gasteiger charge is 2.24. The predicted molar refractivity (Wildman–Crippen MR) is 226 cm³/mol. The van der Waals surface area contributed by atoms with Gasteiger partial charge in [-0.2, -0.15) is 0 Å². The molecule has 3 heterocycles. The van der Waals surface area contributed by atoms with Crippen molar-refractivity contribution in [3.63, 3.8) is 0 Å². The summed E-state index contributed by atoms with van der Waals surface area (Å²) in [4.78, 5) is 4.47. The van der Waals surface area contributed by atoms with Crippen molar-refractivity contribution >= 4 is 54.4 Å². The quantitative estimate of drug-likeness (QED) is 0.181. The summed E-state index contributed by atoms with van der Waals surface area (Å²) in [6.45, 7) is 0. The van der Waals surface area contributed by atoms with Crippen LogP contribution in [0.25, 0.3) is 110 Å². The van der Waals surface area contributed by atoms with Gasteiger partial charge >= 0.3 is 0 Å². The van der Waals surface area contributed by atoms with Gasteiger partial charge in [-0.1, -0.05) is 115 Å². The number of fused-ring (bicyclic) bond motifs is 9. The van der Waals surface area contributed by atoms with Gasteiger partial charge in [-0.15, -0.1) is 0 Å². The van der Waals surface area contributed by atoms with Crippen LogP contribution in [-0.4, -0.2) is 14.1 Å². The number of aromatic nitrogens is 3. The van der Waals surface area contributed by atoms with Crippen molar-refractivity contribution in [3.8, 4) is 55.9 Å². The van der Waals surface area contributed by atoms with Gasteiger partial charge < -0.3 is 9.13 Å². The maximum absolute atomic E-state index is 4.47. The molecule has 8 aromatic carbocycles. The maximum atomic E-state index is 4.47. The van der Waals surface area contributed by atoms with E-state index in [1.807, 2.05) is 12.4 Å². The molecule has 0 fully saturated rings. The van der Waals surface area contributed by atoms with Crippen LogP contribution >= 0.6 is 0 Å². The molecule has 12 rings (SSSR count).